The lowest BCUT2D eigenvalue weighted by molar-refractivity contribution is -0.139. The van der Waals surface area contributed by atoms with Gasteiger partial charge in [0.25, 0.3) is 0 Å². The van der Waals surface area contributed by atoms with Gasteiger partial charge in [0.1, 0.15) is 25.4 Å². The van der Waals surface area contributed by atoms with Gasteiger partial charge in [-0.05, 0) is 73.6 Å². The van der Waals surface area contributed by atoms with E-state index in [4.69, 9.17) is 37.9 Å². The Hall–Kier alpha value is -4.26. The van der Waals surface area contributed by atoms with Gasteiger partial charge >= 0.3 is 24.1 Å². The highest BCUT2D eigenvalue weighted by Gasteiger charge is 2.29. The van der Waals surface area contributed by atoms with Crippen LogP contribution in [0.3, 0.4) is 0 Å². The minimum Gasteiger partial charge on any atom is -0.460 e. The number of ether oxygens (including phenoxy) is 8. The van der Waals surface area contributed by atoms with Crippen LogP contribution in [0.4, 0.5) is 9.59 Å². The number of likely N-dealkylation sites (tertiary alicyclic amines) is 2. The number of carbonyl (C=O) groups is 6. The van der Waals surface area contributed by atoms with Crippen molar-refractivity contribution in [1.82, 2.24) is 20.4 Å². The molecule has 0 aliphatic carbocycles. The Bertz CT molecular complexity index is 1330. The zero-order valence-corrected chi connectivity index (χ0v) is 37.2. The van der Waals surface area contributed by atoms with Gasteiger partial charge < -0.3 is 58.3 Å². The largest absolute Gasteiger partial charge is 0.460 e. The lowest BCUT2D eigenvalue weighted by Crippen LogP contribution is -2.37. The van der Waals surface area contributed by atoms with Gasteiger partial charge in [-0.2, -0.15) is 0 Å². The van der Waals surface area contributed by atoms with Crippen molar-refractivity contribution < 1.29 is 66.7 Å². The van der Waals surface area contributed by atoms with Gasteiger partial charge in [0.2, 0.25) is 11.8 Å². The summed E-state index contributed by atoms with van der Waals surface area (Å²) in [5, 5.41) is 5.14. The van der Waals surface area contributed by atoms with Crippen LogP contribution in [0.25, 0.3) is 0 Å². The number of rotatable bonds is 32. The van der Waals surface area contributed by atoms with Crippen molar-refractivity contribution in [2.45, 2.75) is 123 Å². The monoisotopic (exact) mass is 866 g/mol. The van der Waals surface area contributed by atoms with Crippen LogP contribution in [0, 0.1) is 13.1 Å². The van der Waals surface area contributed by atoms with Crippen LogP contribution < -0.4 is 10.6 Å². The van der Waals surface area contributed by atoms with E-state index < -0.39 is 47.5 Å². The third kappa shape index (κ3) is 24.1. The molecule has 61 heavy (non-hydrogen) atoms. The van der Waals surface area contributed by atoms with Crippen molar-refractivity contribution in [2.75, 3.05) is 79.0 Å². The highest BCUT2D eigenvalue weighted by atomic mass is 16.6. The van der Waals surface area contributed by atoms with Crippen molar-refractivity contribution in [1.29, 1.82) is 0 Å². The van der Waals surface area contributed by atoms with Crippen LogP contribution in [0.5, 0.6) is 0 Å². The molecule has 2 N–H and O–H groups in total. The summed E-state index contributed by atoms with van der Waals surface area (Å²) in [5.41, 5.74) is -0.769. The number of alkyl carbamates (subject to hydrolysis) is 2. The molecule has 0 aromatic carbocycles. The van der Waals surface area contributed by atoms with Crippen molar-refractivity contribution in [3.8, 4) is 0 Å². The number of hydrogen-bond acceptors (Lipinski definition) is 14. The normalized spacial score (nSPS) is 15.3. The Morgan fingerprint density at radius 2 is 1.05 bits per heavy atom. The molecule has 2 fully saturated rings. The number of amides is 4. The number of carbonyl (C=O) groups excluding carboxylic acids is 6. The van der Waals surface area contributed by atoms with Gasteiger partial charge in [-0.1, -0.05) is 13.2 Å². The molecule has 0 aromatic rings. The average molecular weight is 867 g/mol. The number of hydrogen-bond donors (Lipinski definition) is 2. The van der Waals surface area contributed by atoms with Crippen LogP contribution in [0.2, 0.25) is 0 Å². The second-order valence-electron chi connectivity index (χ2n) is 16.2. The highest BCUT2D eigenvalue weighted by molar-refractivity contribution is 5.87. The highest BCUT2D eigenvalue weighted by Crippen LogP contribution is 2.23. The van der Waals surface area contributed by atoms with E-state index in [0.717, 1.165) is 12.8 Å². The first kappa shape index (κ1) is 52.9. The molecule has 2 unspecified atom stereocenters. The molecule has 18 nitrogen and oxygen atoms in total. The van der Waals surface area contributed by atoms with Crippen LogP contribution in [-0.2, 0) is 57.1 Å². The molecule has 0 spiro atoms. The molecule has 0 saturated carbocycles. The molecule has 0 bridgehead atoms. The van der Waals surface area contributed by atoms with Crippen LogP contribution in [0.15, 0.2) is 24.3 Å². The smallest absolute Gasteiger partial charge is 0.407 e. The van der Waals surface area contributed by atoms with Crippen molar-refractivity contribution in [3.63, 3.8) is 0 Å². The molecule has 2 aliphatic heterocycles. The lowest BCUT2D eigenvalue weighted by Gasteiger charge is -2.29. The molecular formula is C43H70N4O14. The molecule has 18 heteroatoms. The van der Waals surface area contributed by atoms with Gasteiger partial charge in [0, 0.05) is 63.1 Å². The molecule has 2 aliphatic rings. The maximum Gasteiger partial charge on any atom is 0.407 e. The Labute approximate surface area is 361 Å². The van der Waals surface area contributed by atoms with E-state index in [2.05, 4.69) is 23.8 Å². The second-order valence-corrected chi connectivity index (χ2v) is 16.2. The van der Waals surface area contributed by atoms with Crippen molar-refractivity contribution in [3.05, 3.63) is 37.4 Å². The summed E-state index contributed by atoms with van der Waals surface area (Å²) < 4.78 is 45.2. The summed E-state index contributed by atoms with van der Waals surface area (Å²) in [6.07, 6.45) is 2.23. The Kier molecular flexibility index (Phi) is 24.6. The lowest BCUT2D eigenvalue weighted by atomic mass is 10.0. The predicted octanol–water partition coefficient (Wildman–Crippen LogP) is 4.56. The fourth-order valence-electron chi connectivity index (χ4n) is 5.61. The van der Waals surface area contributed by atoms with Gasteiger partial charge in [-0.25, -0.2) is 19.2 Å². The maximum atomic E-state index is 12.6. The minimum atomic E-state index is -0.699. The molecule has 346 valence electrons. The first-order chi connectivity index (χ1) is 28.9. The van der Waals surface area contributed by atoms with Crippen LogP contribution >= 0.6 is 0 Å². The SMILES string of the molecule is C=C(C)C(=O)OCCNC(=O)OC(CCOCCCOCCC(COC(C)(C)C[CH]N1CCCC1=O)OC(=O)NCCOC(=O)C(=C)C)COC(C)(C)C[CH]N1CCCC1=O. The van der Waals surface area contributed by atoms with E-state index in [-0.39, 0.29) is 75.7 Å². The molecule has 2 atom stereocenters. The quantitative estimate of drug-likeness (QED) is 0.0412. The zero-order chi connectivity index (χ0) is 45.3. The van der Waals surface area contributed by atoms with E-state index in [9.17, 15) is 28.8 Å². The summed E-state index contributed by atoms with van der Waals surface area (Å²) in [4.78, 5) is 75.9. The van der Waals surface area contributed by atoms with Crippen molar-refractivity contribution >= 4 is 35.9 Å². The Morgan fingerprint density at radius 3 is 1.39 bits per heavy atom. The summed E-state index contributed by atoms with van der Waals surface area (Å²) in [5.74, 6) is -0.922. The first-order valence-electron chi connectivity index (χ1n) is 21.1. The zero-order valence-electron chi connectivity index (χ0n) is 37.2. The van der Waals surface area contributed by atoms with E-state index in [0.29, 0.717) is 71.2 Å². The third-order valence-electron chi connectivity index (χ3n) is 9.35. The first-order valence-corrected chi connectivity index (χ1v) is 21.1. The van der Waals surface area contributed by atoms with Crippen molar-refractivity contribution in [2.24, 2.45) is 0 Å². The number of esters is 2. The Morgan fingerprint density at radius 1 is 0.656 bits per heavy atom. The molecule has 2 radical (unpaired) electrons. The van der Waals surface area contributed by atoms with Gasteiger partial charge in [-0.15, -0.1) is 0 Å². The summed E-state index contributed by atoms with van der Waals surface area (Å²) in [7, 11) is 0. The molecular weight excluding hydrogens is 796 g/mol. The van der Waals surface area contributed by atoms with Gasteiger partial charge in [0.15, 0.2) is 0 Å². The Balaban J connectivity index is 1.80. The summed E-state index contributed by atoms with van der Waals surface area (Å²) >= 11 is 0. The van der Waals surface area contributed by atoms with Crippen LogP contribution in [-0.4, -0.2) is 148 Å². The molecule has 2 rings (SSSR count). The third-order valence-corrected chi connectivity index (χ3v) is 9.35. The van der Waals surface area contributed by atoms with Gasteiger partial charge in [0.05, 0.1) is 63.8 Å². The number of nitrogens with zero attached hydrogens (tertiary/aromatic N) is 2. The molecule has 2 heterocycles. The topological polar surface area (TPSA) is 207 Å². The summed E-state index contributed by atoms with van der Waals surface area (Å²) in [6, 6.07) is 0. The predicted molar refractivity (Wildman–Crippen MR) is 223 cm³/mol. The van der Waals surface area contributed by atoms with E-state index >= 15 is 0 Å². The van der Waals surface area contributed by atoms with E-state index in [1.165, 1.54) is 13.8 Å². The fraction of sp³-hybridized carbons (Fsp3) is 0.721. The molecule has 4 amide bonds. The van der Waals surface area contributed by atoms with Crippen LogP contribution in [0.1, 0.15) is 99.3 Å². The molecule has 0 aromatic heterocycles. The maximum absolute atomic E-state index is 12.6. The second kappa shape index (κ2) is 28.4. The summed E-state index contributed by atoms with van der Waals surface area (Å²) in [6.45, 7) is 24.2. The number of nitrogens with one attached hydrogen (secondary N) is 2. The molecule has 2 saturated heterocycles. The average Bonchev–Trinajstić information content (AvgIpc) is 3.82. The van der Waals surface area contributed by atoms with E-state index in [1.807, 2.05) is 40.8 Å². The fourth-order valence-corrected chi connectivity index (χ4v) is 5.61. The van der Waals surface area contributed by atoms with Gasteiger partial charge in [-0.3, -0.25) is 9.59 Å². The standard InChI is InChI=1S/C43H70N4O14/c1-32(2)38(50)56-28-18-44-40(52)60-34(30-58-42(5,6)16-22-46-20-9-12-36(46)48)14-26-54-24-11-25-55-27-15-35(61-41(53)45-19-29-57-39(51)33(3)4)31-59-43(7,8)17-23-47-21-10-13-37(47)49/h22-23,34-35H,1,3,9-21,24-31H2,2,4-8H3,(H,44,52)(H,45,53). The van der Waals surface area contributed by atoms with E-state index in [1.54, 1.807) is 9.80 Å². The minimum absolute atomic E-state index is 0.0432.